The summed E-state index contributed by atoms with van der Waals surface area (Å²) in [6, 6.07) is 5.74. The number of hydrogen-bond donors (Lipinski definition) is 2. The van der Waals surface area contributed by atoms with Gasteiger partial charge in [0, 0.05) is 12.7 Å². The Morgan fingerprint density at radius 2 is 2.36 bits per heavy atom. The van der Waals surface area contributed by atoms with Gasteiger partial charge in [-0.25, -0.2) is 0 Å². The lowest BCUT2D eigenvalue weighted by atomic mass is 10.3. The van der Waals surface area contributed by atoms with E-state index in [1.165, 1.54) is 0 Å². The number of nitrogens with zero attached hydrogens (tertiary/aromatic N) is 2. The van der Waals surface area contributed by atoms with Crippen molar-refractivity contribution < 1.29 is 0 Å². The second kappa shape index (κ2) is 5.29. The maximum absolute atomic E-state index is 4.84. The molecular weight excluding hydrogens is 196 g/mol. The minimum absolute atomic E-state index is 0.480. The Balaban J connectivity index is 2.56. The first-order valence-electron chi connectivity index (χ1n) is 4.17. The van der Waals surface area contributed by atoms with Crippen molar-refractivity contribution in [3.05, 3.63) is 29.6 Å². The van der Waals surface area contributed by atoms with E-state index in [-0.39, 0.29) is 0 Å². The predicted octanol–water partition coefficient (Wildman–Crippen LogP) is 0.818. The number of aryl methyl sites for hydroxylation is 1. The predicted molar refractivity (Wildman–Crippen MR) is 61.4 cm³/mol. The molecule has 74 valence electrons. The van der Waals surface area contributed by atoms with E-state index in [1.54, 1.807) is 13.3 Å². The zero-order chi connectivity index (χ0) is 10.4. The minimum atomic E-state index is 0.480. The van der Waals surface area contributed by atoms with Gasteiger partial charge in [-0.1, -0.05) is 6.07 Å². The Hall–Kier alpha value is -1.49. The molecule has 1 aromatic rings. The Morgan fingerprint density at radius 1 is 1.57 bits per heavy atom. The van der Waals surface area contributed by atoms with E-state index < -0.39 is 0 Å². The molecule has 0 aliphatic heterocycles. The number of nitrogens with one attached hydrogen (secondary N) is 2. The molecule has 0 saturated heterocycles. The van der Waals surface area contributed by atoms with Gasteiger partial charge in [-0.3, -0.25) is 10.4 Å². The molecular formula is C9H12N4S. The van der Waals surface area contributed by atoms with Crippen LogP contribution in [-0.4, -0.2) is 23.4 Å². The van der Waals surface area contributed by atoms with Crippen LogP contribution in [0.15, 0.2) is 23.3 Å². The molecule has 0 amide bonds. The maximum Gasteiger partial charge on any atom is 0.186 e. The second-order valence-electron chi connectivity index (χ2n) is 2.65. The van der Waals surface area contributed by atoms with Crippen molar-refractivity contribution in [3.8, 4) is 0 Å². The van der Waals surface area contributed by atoms with Crippen LogP contribution in [-0.2, 0) is 0 Å². The first kappa shape index (κ1) is 10.6. The van der Waals surface area contributed by atoms with Gasteiger partial charge in [0.2, 0.25) is 0 Å². The summed E-state index contributed by atoms with van der Waals surface area (Å²) in [4.78, 5) is 4.24. The molecule has 2 N–H and O–H groups in total. The fourth-order valence-electron chi connectivity index (χ4n) is 0.849. The van der Waals surface area contributed by atoms with E-state index in [0.717, 1.165) is 11.4 Å². The molecule has 0 bridgehead atoms. The topological polar surface area (TPSA) is 49.3 Å². The van der Waals surface area contributed by atoms with E-state index >= 15 is 0 Å². The van der Waals surface area contributed by atoms with Gasteiger partial charge in [-0.05, 0) is 31.3 Å². The van der Waals surface area contributed by atoms with Crippen molar-refractivity contribution in [2.45, 2.75) is 6.92 Å². The first-order chi connectivity index (χ1) is 6.72. The lowest BCUT2D eigenvalue weighted by Crippen LogP contribution is -2.28. The van der Waals surface area contributed by atoms with Gasteiger partial charge in [0.15, 0.2) is 5.11 Å². The fraction of sp³-hybridized carbons (Fsp3) is 0.222. The summed E-state index contributed by atoms with van der Waals surface area (Å²) in [7, 11) is 1.73. The van der Waals surface area contributed by atoms with E-state index in [9.17, 15) is 0 Å². The number of pyridine rings is 1. The average molecular weight is 208 g/mol. The summed E-state index contributed by atoms with van der Waals surface area (Å²) in [6.07, 6.45) is 1.62. The first-order valence-corrected chi connectivity index (χ1v) is 4.57. The molecule has 0 aromatic carbocycles. The van der Waals surface area contributed by atoms with Crippen molar-refractivity contribution >= 4 is 23.5 Å². The summed E-state index contributed by atoms with van der Waals surface area (Å²) in [6.45, 7) is 1.93. The third kappa shape index (κ3) is 3.49. The maximum atomic E-state index is 4.84. The Kier molecular flexibility index (Phi) is 4.00. The van der Waals surface area contributed by atoms with Crippen molar-refractivity contribution in [1.82, 2.24) is 15.7 Å². The SMILES string of the molecule is CNC(=S)NN=Cc1cccc(C)n1. The minimum Gasteiger partial charge on any atom is -0.364 e. The molecule has 4 nitrogen and oxygen atoms in total. The van der Waals surface area contributed by atoms with Crippen LogP contribution in [0.2, 0.25) is 0 Å². The molecule has 0 aliphatic carbocycles. The van der Waals surface area contributed by atoms with Gasteiger partial charge in [0.1, 0.15) is 0 Å². The average Bonchev–Trinajstić information content (AvgIpc) is 2.17. The molecule has 0 aliphatic rings. The highest BCUT2D eigenvalue weighted by Gasteiger charge is 1.89. The summed E-state index contributed by atoms with van der Waals surface area (Å²) in [5, 5.41) is 7.14. The standard InChI is InChI=1S/C9H12N4S/c1-7-4-3-5-8(12-7)6-11-13-9(14)10-2/h3-6H,1-2H3,(H2,10,13,14). The monoisotopic (exact) mass is 208 g/mol. The van der Waals surface area contributed by atoms with Crippen molar-refractivity contribution in [2.75, 3.05) is 7.05 Å². The van der Waals surface area contributed by atoms with E-state index in [4.69, 9.17) is 12.2 Å². The molecule has 0 saturated carbocycles. The van der Waals surface area contributed by atoms with Crippen LogP contribution < -0.4 is 10.7 Å². The highest BCUT2D eigenvalue weighted by Crippen LogP contribution is 1.94. The number of hydrogen-bond acceptors (Lipinski definition) is 3. The molecule has 1 heterocycles. The van der Waals surface area contributed by atoms with Crippen LogP contribution in [0.1, 0.15) is 11.4 Å². The van der Waals surface area contributed by atoms with Gasteiger partial charge in [-0.15, -0.1) is 0 Å². The molecule has 0 spiro atoms. The van der Waals surface area contributed by atoms with Crippen LogP contribution in [0, 0.1) is 6.92 Å². The molecule has 0 fully saturated rings. The third-order valence-electron chi connectivity index (χ3n) is 1.50. The second-order valence-corrected chi connectivity index (χ2v) is 3.06. The zero-order valence-corrected chi connectivity index (χ0v) is 8.93. The quantitative estimate of drug-likeness (QED) is 0.429. The highest BCUT2D eigenvalue weighted by atomic mass is 32.1. The van der Waals surface area contributed by atoms with E-state index in [2.05, 4.69) is 20.8 Å². The highest BCUT2D eigenvalue weighted by molar-refractivity contribution is 7.80. The molecule has 1 rings (SSSR count). The lowest BCUT2D eigenvalue weighted by molar-refractivity contribution is 0.979. The normalized spacial score (nSPS) is 10.1. The van der Waals surface area contributed by atoms with Crippen LogP contribution in [0.5, 0.6) is 0 Å². The summed E-state index contributed by atoms with van der Waals surface area (Å²) in [5.74, 6) is 0. The van der Waals surface area contributed by atoms with Crippen LogP contribution in [0.4, 0.5) is 0 Å². The molecule has 14 heavy (non-hydrogen) atoms. The van der Waals surface area contributed by atoms with Crippen molar-refractivity contribution in [3.63, 3.8) is 0 Å². The van der Waals surface area contributed by atoms with E-state index in [1.807, 2.05) is 25.1 Å². The number of thiocarbonyl (C=S) groups is 1. The zero-order valence-electron chi connectivity index (χ0n) is 8.11. The van der Waals surface area contributed by atoms with Gasteiger partial charge in [0.25, 0.3) is 0 Å². The van der Waals surface area contributed by atoms with Gasteiger partial charge < -0.3 is 5.32 Å². The Labute approximate surface area is 88.4 Å². The molecule has 0 unspecified atom stereocenters. The largest absolute Gasteiger partial charge is 0.364 e. The summed E-state index contributed by atoms with van der Waals surface area (Å²) < 4.78 is 0. The van der Waals surface area contributed by atoms with Gasteiger partial charge >= 0.3 is 0 Å². The Bertz CT molecular complexity index is 348. The smallest absolute Gasteiger partial charge is 0.186 e. The number of hydrazone groups is 1. The van der Waals surface area contributed by atoms with Crippen molar-refractivity contribution in [2.24, 2.45) is 5.10 Å². The van der Waals surface area contributed by atoms with Crippen LogP contribution >= 0.6 is 12.2 Å². The number of rotatable bonds is 2. The molecule has 1 aromatic heterocycles. The summed E-state index contributed by atoms with van der Waals surface area (Å²) >= 11 is 4.84. The molecule has 0 atom stereocenters. The summed E-state index contributed by atoms with van der Waals surface area (Å²) in [5.41, 5.74) is 4.42. The van der Waals surface area contributed by atoms with Crippen LogP contribution in [0.25, 0.3) is 0 Å². The number of aromatic nitrogens is 1. The Morgan fingerprint density at radius 3 is 3.00 bits per heavy atom. The lowest BCUT2D eigenvalue weighted by Gasteiger charge is -1.99. The molecule has 5 heteroatoms. The van der Waals surface area contributed by atoms with Gasteiger partial charge in [0.05, 0.1) is 11.9 Å². The molecule has 0 radical (unpaired) electrons. The van der Waals surface area contributed by atoms with E-state index in [0.29, 0.717) is 5.11 Å². The fourth-order valence-corrected chi connectivity index (χ4v) is 0.902. The van der Waals surface area contributed by atoms with Crippen molar-refractivity contribution in [1.29, 1.82) is 0 Å². The van der Waals surface area contributed by atoms with Crippen LogP contribution in [0.3, 0.4) is 0 Å². The third-order valence-corrected chi connectivity index (χ3v) is 1.80. The van der Waals surface area contributed by atoms with Gasteiger partial charge in [-0.2, -0.15) is 5.10 Å².